The van der Waals surface area contributed by atoms with Crippen molar-refractivity contribution in [1.82, 2.24) is 0 Å². The lowest BCUT2D eigenvalue weighted by molar-refractivity contribution is -0.116. The predicted octanol–water partition coefficient (Wildman–Crippen LogP) is 4.13. The minimum absolute atomic E-state index is 0.166. The zero-order valence-corrected chi connectivity index (χ0v) is 12.7. The van der Waals surface area contributed by atoms with Gasteiger partial charge in [0, 0.05) is 11.8 Å². The molecule has 0 bridgehead atoms. The van der Waals surface area contributed by atoms with Gasteiger partial charge in [-0.05, 0) is 48.6 Å². The van der Waals surface area contributed by atoms with Crippen molar-refractivity contribution in [1.29, 1.82) is 0 Å². The molecule has 2 rings (SSSR count). The molecule has 0 aromatic heterocycles. The van der Waals surface area contributed by atoms with Gasteiger partial charge in [-0.1, -0.05) is 31.7 Å². The second-order valence-electron chi connectivity index (χ2n) is 5.68. The molecule has 0 spiro atoms. The number of allylic oxidation sites excluding steroid dienone is 3. The molecule has 0 amide bonds. The van der Waals surface area contributed by atoms with E-state index in [-0.39, 0.29) is 11.2 Å². The van der Waals surface area contributed by atoms with Crippen LogP contribution in [0.5, 0.6) is 5.75 Å². The molecule has 0 radical (unpaired) electrons. The van der Waals surface area contributed by atoms with Crippen molar-refractivity contribution >= 4 is 5.78 Å². The van der Waals surface area contributed by atoms with Crippen LogP contribution in [-0.2, 0) is 10.2 Å². The Morgan fingerprint density at radius 1 is 1.35 bits per heavy atom. The van der Waals surface area contributed by atoms with Gasteiger partial charge in [0.05, 0.1) is 7.11 Å². The van der Waals surface area contributed by atoms with Crippen LogP contribution >= 0.6 is 0 Å². The Morgan fingerprint density at radius 3 is 2.65 bits per heavy atom. The first-order chi connectivity index (χ1) is 9.43. The Balaban J connectivity index is 2.60. The molecule has 2 heteroatoms. The minimum atomic E-state index is -0.166. The van der Waals surface area contributed by atoms with Crippen LogP contribution in [0.2, 0.25) is 0 Å². The second kappa shape index (κ2) is 5.28. The van der Waals surface area contributed by atoms with Gasteiger partial charge in [0.25, 0.3) is 0 Å². The lowest BCUT2D eigenvalue weighted by Crippen LogP contribution is -2.31. The van der Waals surface area contributed by atoms with E-state index in [1.807, 2.05) is 19.9 Å². The van der Waals surface area contributed by atoms with Gasteiger partial charge in [-0.25, -0.2) is 0 Å². The largest absolute Gasteiger partial charge is 0.496 e. The Labute approximate surface area is 121 Å². The molecule has 1 atom stereocenters. The van der Waals surface area contributed by atoms with Gasteiger partial charge in [-0.3, -0.25) is 4.79 Å². The van der Waals surface area contributed by atoms with Crippen LogP contribution in [0.3, 0.4) is 0 Å². The molecule has 0 saturated carbocycles. The highest BCUT2D eigenvalue weighted by atomic mass is 16.5. The summed E-state index contributed by atoms with van der Waals surface area (Å²) in [5, 5.41) is 0. The first-order valence-corrected chi connectivity index (χ1v) is 6.96. The van der Waals surface area contributed by atoms with Gasteiger partial charge >= 0.3 is 0 Å². The van der Waals surface area contributed by atoms with E-state index in [0.717, 1.165) is 28.9 Å². The van der Waals surface area contributed by atoms with E-state index in [1.54, 1.807) is 7.11 Å². The maximum Gasteiger partial charge on any atom is 0.158 e. The summed E-state index contributed by atoms with van der Waals surface area (Å²) in [6, 6.07) is 6.29. The number of benzene rings is 1. The number of aryl methyl sites for hydroxylation is 1. The average Bonchev–Trinajstić information content (AvgIpc) is 2.44. The van der Waals surface area contributed by atoms with E-state index >= 15 is 0 Å². The molecule has 20 heavy (non-hydrogen) atoms. The Morgan fingerprint density at radius 2 is 2.05 bits per heavy atom. The zero-order valence-electron chi connectivity index (χ0n) is 12.7. The van der Waals surface area contributed by atoms with Gasteiger partial charge in [-0.2, -0.15) is 0 Å². The fraction of sp³-hybridized carbons (Fsp3) is 0.389. The van der Waals surface area contributed by atoms with Crippen LogP contribution < -0.4 is 4.74 Å². The molecular weight excluding hydrogens is 248 g/mol. The predicted molar refractivity (Wildman–Crippen MR) is 82.2 cm³/mol. The van der Waals surface area contributed by atoms with Crippen molar-refractivity contribution in [3.63, 3.8) is 0 Å². The van der Waals surface area contributed by atoms with Gasteiger partial charge < -0.3 is 4.74 Å². The molecule has 1 aliphatic carbocycles. The van der Waals surface area contributed by atoms with E-state index in [0.29, 0.717) is 6.42 Å². The maximum absolute atomic E-state index is 11.9. The Kier molecular flexibility index (Phi) is 3.85. The summed E-state index contributed by atoms with van der Waals surface area (Å²) in [5.41, 5.74) is 4.02. The van der Waals surface area contributed by atoms with Crippen LogP contribution in [0, 0.1) is 6.92 Å². The molecule has 1 aromatic carbocycles. The monoisotopic (exact) mass is 270 g/mol. The van der Waals surface area contributed by atoms with Gasteiger partial charge in [0.15, 0.2) is 5.78 Å². The fourth-order valence-corrected chi connectivity index (χ4v) is 3.09. The highest BCUT2D eigenvalue weighted by Gasteiger charge is 2.36. The molecule has 0 saturated heterocycles. The number of ether oxygens (including phenoxy) is 1. The third-order valence-corrected chi connectivity index (χ3v) is 4.52. The van der Waals surface area contributed by atoms with Crippen LogP contribution in [0.4, 0.5) is 0 Å². The molecule has 0 aliphatic heterocycles. The van der Waals surface area contributed by atoms with E-state index in [4.69, 9.17) is 4.74 Å². The van der Waals surface area contributed by atoms with Gasteiger partial charge in [-0.15, -0.1) is 0 Å². The number of hydrogen-bond acceptors (Lipinski definition) is 2. The molecule has 0 N–H and O–H groups in total. The van der Waals surface area contributed by atoms with Crippen molar-refractivity contribution in [2.45, 2.75) is 39.0 Å². The SMILES string of the molecule is C=CC1=C(C)C(=O)CCC1(C)c1ccc(C)c(OC)c1. The van der Waals surface area contributed by atoms with Crippen LogP contribution in [-0.4, -0.2) is 12.9 Å². The number of carbonyl (C=O) groups is 1. The highest BCUT2D eigenvalue weighted by molar-refractivity contribution is 5.97. The summed E-state index contributed by atoms with van der Waals surface area (Å²) in [5.74, 6) is 1.12. The zero-order chi connectivity index (χ0) is 14.9. The van der Waals surface area contributed by atoms with E-state index in [9.17, 15) is 4.79 Å². The van der Waals surface area contributed by atoms with Crippen molar-refractivity contribution in [3.8, 4) is 5.75 Å². The Bertz CT molecular complexity index is 595. The summed E-state index contributed by atoms with van der Waals surface area (Å²) in [6.07, 6.45) is 3.24. The molecule has 1 aromatic rings. The third-order valence-electron chi connectivity index (χ3n) is 4.52. The molecule has 1 unspecified atom stereocenters. The molecule has 1 aliphatic rings. The summed E-state index contributed by atoms with van der Waals surface area (Å²) in [4.78, 5) is 11.9. The summed E-state index contributed by atoms with van der Waals surface area (Å²) in [6.45, 7) is 10.0. The maximum atomic E-state index is 11.9. The molecule has 2 nitrogen and oxygen atoms in total. The standard InChI is InChI=1S/C18H22O2/c1-6-15-13(3)16(19)9-10-18(15,4)14-8-7-12(2)17(11-14)20-5/h6-8,11H,1,9-10H2,2-5H3. The summed E-state index contributed by atoms with van der Waals surface area (Å²) >= 11 is 0. The number of carbonyl (C=O) groups excluding carboxylic acids is 1. The molecular formula is C18H22O2. The number of Topliss-reactive ketones (excluding diaryl/α,β-unsaturated/α-hetero) is 1. The molecule has 0 fully saturated rings. The van der Waals surface area contributed by atoms with Crippen LogP contribution in [0.15, 0.2) is 42.0 Å². The number of hydrogen-bond donors (Lipinski definition) is 0. The first kappa shape index (κ1) is 14.6. The summed E-state index contributed by atoms with van der Waals surface area (Å²) in [7, 11) is 1.69. The number of rotatable bonds is 3. The van der Waals surface area contributed by atoms with Crippen LogP contribution in [0.1, 0.15) is 37.8 Å². The van der Waals surface area contributed by atoms with Gasteiger partial charge in [0.1, 0.15) is 5.75 Å². The quantitative estimate of drug-likeness (QED) is 0.825. The van der Waals surface area contributed by atoms with Gasteiger partial charge in [0.2, 0.25) is 0 Å². The first-order valence-electron chi connectivity index (χ1n) is 6.96. The van der Waals surface area contributed by atoms with E-state index in [2.05, 4.69) is 31.7 Å². The topological polar surface area (TPSA) is 26.3 Å². The Hall–Kier alpha value is -1.83. The van der Waals surface area contributed by atoms with E-state index < -0.39 is 0 Å². The molecule has 106 valence electrons. The normalized spacial score (nSPS) is 22.9. The minimum Gasteiger partial charge on any atom is -0.496 e. The smallest absolute Gasteiger partial charge is 0.158 e. The highest BCUT2D eigenvalue weighted by Crippen LogP contribution is 2.43. The number of methoxy groups -OCH3 is 1. The summed E-state index contributed by atoms with van der Waals surface area (Å²) < 4.78 is 5.43. The lowest BCUT2D eigenvalue weighted by atomic mass is 9.67. The lowest BCUT2D eigenvalue weighted by Gasteiger charge is -2.36. The van der Waals surface area contributed by atoms with Crippen molar-refractivity contribution in [3.05, 3.63) is 53.1 Å². The number of ketones is 1. The third kappa shape index (κ3) is 2.20. The fourth-order valence-electron chi connectivity index (χ4n) is 3.09. The molecule has 0 heterocycles. The van der Waals surface area contributed by atoms with E-state index in [1.165, 1.54) is 5.56 Å². The second-order valence-corrected chi connectivity index (χ2v) is 5.68. The van der Waals surface area contributed by atoms with Crippen LogP contribution in [0.25, 0.3) is 0 Å². The average molecular weight is 270 g/mol. The van der Waals surface area contributed by atoms with Crippen molar-refractivity contribution in [2.24, 2.45) is 0 Å². The van der Waals surface area contributed by atoms with Crippen molar-refractivity contribution < 1.29 is 9.53 Å². The van der Waals surface area contributed by atoms with Crippen molar-refractivity contribution in [2.75, 3.05) is 7.11 Å².